The Kier molecular flexibility index (Phi) is 4.24. The summed E-state index contributed by atoms with van der Waals surface area (Å²) in [7, 11) is 0. The van der Waals surface area contributed by atoms with E-state index >= 15 is 0 Å². The van der Waals surface area contributed by atoms with Gasteiger partial charge in [0.2, 0.25) is 11.8 Å². The molecule has 0 bridgehead atoms. The highest BCUT2D eigenvalue weighted by molar-refractivity contribution is 5.91. The normalized spacial score (nSPS) is 22.1. The molecule has 2 amide bonds. The second-order valence-corrected chi connectivity index (χ2v) is 7.44. The van der Waals surface area contributed by atoms with E-state index in [4.69, 9.17) is 0 Å². The van der Waals surface area contributed by atoms with Crippen LogP contribution in [0.5, 0.6) is 0 Å². The van der Waals surface area contributed by atoms with E-state index in [9.17, 15) is 9.59 Å². The Balaban J connectivity index is 1.53. The maximum absolute atomic E-state index is 13.0. The molecule has 0 saturated carbocycles. The molecule has 2 aliphatic heterocycles. The van der Waals surface area contributed by atoms with Gasteiger partial charge in [-0.15, -0.1) is 0 Å². The van der Waals surface area contributed by atoms with Gasteiger partial charge in [0.05, 0.1) is 0 Å². The number of para-hydroxylation sites is 1. The van der Waals surface area contributed by atoms with E-state index < -0.39 is 0 Å². The first-order valence-electron chi connectivity index (χ1n) is 9.26. The summed E-state index contributed by atoms with van der Waals surface area (Å²) >= 11 is 0. The lowest BCUT2D eigenvalue weighted by molar-refractivity contribution is -0.142. The van der Waals surface area contributed by atoms with Crippen molar-refractivity contribution >= 4 is 22.7 Å². The minimum absolute atomic E-state index is 0.0917. The number of aromatic amines is 1. The first-order valence-corrected chi connectivity index (χ1v) is 9.26. The number of piperidine rings is 1. The summed E-state index contributed by atoms with van der Waals surface area (Å²) in [6.45, 7) is 4.39. The number of aromatic nitrogens is 1. The number of fused-ring (bicyclic) bond motifs is 1. The predicted molar refractivity (Wildman–Crippen MR) is 96.8 cm³/mol. The van der Waals surface area contributed by atoms with E-state index in [2.05, 4.69) is 18.0 Å². The number of benzene rings is 1. The highest BCUT2D eigenvalue weighted by atomic mass is 16.2. The van der Waals surface area contributed by atoms with E-state index in [1.807, 2.05) is 29.3 Å². The maximum Gasteiger partial charge on any atom is 0.245 e. The number of rotatable bonds is 3. The minimum Gasteiger partial charge on any atom is -0.361 e. The standard InChI is InChI=1S/C20H25N3O2/c1-14-8-10-22(11-9-14)20(25)18-6-7-19(24)23(18)13-15-12-21-17-5-3-2-4-16(15)17/h2-5,12,14,18,21H,6-11,13H2,1H3. The fraction of sp³-hybridized carbons (Fsp3) is 0.500. The van der Waals surface area contributed by atoms with E-state index in [-0.39, 0.29) is 17.9 Å². The average Bonchev–Trinajstić information content (AvgIpc) is 3.20. The lowest BCUT2D eigenvalue weighted by Crippen LogP contribution is -2.48. The molecule has 1 unspecified atom stereocenters. The van der Waals surface area contributed by atoms with Crippen molar-refractivity contribution in [2.24, 2.45) is 5.92 Å². The summed E-state index contributed by atoms with van der Waals surface area (Å²) in [5, 5.41) is 1.13. The molecule has 4 rings (SSSR count). The largest absolute Gasteiger partial charge is 0.361 e. The molecule has 0 radical (unpaired) electrons. The van der Waals surface area contributed by atoms with Gasteiger partial charge < -0.3 is 14.8 Å². The fourth-order valence-electron chi connectivity index (χ4n) is 4.07. The molecule has 1 N–H and O–H groups in total. The molecule has 1 aromatic heterocycles. The van der Waals surface area contributed by atoms with Crippen molar-refractivity contribution in [2.75, 3.05) is 13.1 Å². The van der Waals surface area contributed by atoms with Crippen molar-refractivity contribution in [1.82, 2.24) is 14.8 Å². The van der Waals surface area contributed by atoms with Gasteiger partial charge in [0, 0.05) is 43.2 Å². The predicted octanol–water partition coefficient (Wildman–Crippen LogP) is 2.92. The third kappa shape index (κ3) is 3.03. The Bertz CT molecular complexity index is 789. The number of hydrogen-bond donors (Lipinski definition) is 1. The van der Waals surface area contributed by atoms with Gasteiger partial charge in [-0.1, -0.05) is 25.1 Å². The summed E-state index contributed by atoms with van der Waals surface area (Å²) < 4.78 is 0. The molecule has 1 atom stereocenters. The number of hydrogen-bond acceptors (Lipinski definition) is 2. The number of carbonyl (C=O) groups excluding carboxylic acids is 2. The number of H-pyrrole nitrogens is 1. The van der Waals surface area contributed by atoms with Gasteiger partial charge in [0.15, 0.2) is 0 Å². The van der Waals surface area contributed by atoms with Crippen LogP contribution >= 0.6 is 0 Å². The third-order valence-corrected chi connectivity index (χ3v) is 5.72. The van der Waals surface area contributed by atoms with Crippen LogP contribution in [0.4, 0.5) is 0 Å². The first-order chi connectivity index (χ1) is 12.1. The fourth-order valence-corrected chi connectivity index (χ4v) is 4.07. The van der Waals surface area contributed by atoms with Crippen LogP contribution in [-0.2, 0) is 16.1 Å². The van der Waals surface area contributed by atoms with Crippen LogP contribution in [0.1, 0.15) is 38.2 Å². The molecule has 1 aromatic carbocycles. The zero-order chi connectivity index (χ0) is 17.4. The van der Waals surface area contributed by atoms with Crippen LogP contribution in [0.2, 0.25) is 0 Å². The monoisotopic (exact) mass is 339 g/mol. The number of likely N-dealkylation sites (tertiary alicyclic amines) is 2. The van der Waals surface area contributed by atoms with Gasteiger partial charge in [-0.3, -0.25) is 9.59 Å². The second kappa shape index (κ2) is 6.54. The first kappa shape index (κ1) is 16.2. The topological polar surface area (TPSA) is 56.4 Å². The van der Waals surface area contributed by atoms with Crippen LogP contribution in [0, 0.1) is 5.92 Å². The Morgan fingerprint density at radius 1 is 1.20 bits per heavy atom. The van der Waals surface area contributed by atoms with Crippen molar-refractivity contribution in [3.05, 3.63) is 36.0 Å². The Morgan fingerprint density at radius 3 is 2.76 bits per heavy atom. The van der Waals surface area contributed by atoms with Crippen LogP contribution in [-0.4, -0.2) is 45.7 Å². The summed E-state index contributed by atoms with van der Waals surface area (Å²) in [4.78, 5) is 32.4. The van der Waals surface area contributed by atoms with E-state index in [1.165, 1.54) is 0 Å². The number of amides is 2. The smallest absolute Gasteiger partial charge is 0.245 e. The van der Waals surface area contributed by atoms with Crippen molar-refractivity contribution in [2.45, 2.75) is 45.2 Å². The SMILES string of the molecule is CC1CCN(C(=O)C2CCC(=O)N2Cc2c[nH]c3ccccc23)CC1. The lowest BCUT2D eigenvalue weighted by atomic mass is 9.98. The van der Waals surface area contributed by atoms with Gasteiger partial charge in [0.25, 0.3) is 0 Å². The molecule has 2 fully saturated rings. The average molecular weight is 339 g/mol. The Morgan fingerprint density at radius 2 is 1.96 bits per heavy atom. The maximum atomic E-state index is 13.0. The van der Waals surface area contributed by atoms with Crippen molar-refractivity contribution < 1.29 is 9.59 Å². The molecule has 2 saturated heterocycles. The molecule has 0 spiro atoms. The number of nitrogens with zero attached hydrogens (tertiary/aromatic N) is 2. The zero-order valence-corrected chi connectivity index (χ0v) is 14.7. The van der Waals surface area contributed by atoms with Crippen LogP contribution in [0.15, 0.2) is 30.5 Å². The third-order valence-electron chi connectivity index (χ3n) is 5.72. The van der Waals surface area contributed by atoms with Crippen molar-refractivity contribution in [3.63, 3.8) is 0 Å². The van der Waals surface area contributed by atoms with Gasteiger partial charge >= 0.3 is 0 Å². The van der Waals surface area contributed by atoms with Gasteiger partial charge in [-0.05, 0) is 36.8 Å². The summed E-state index contributed by atoms with van der Waals surface area (Å²) in [6.07, 6.45) is 5.21. The van der Waals surface area contributed by atoms with Gasteiger partial charge in [0.1, 0.15) is 6.04 Å². The summed E-state index contributed by atoms with van der Waals surface area (Å²) in [6, 6.07) is 7.79. The molecule has 5 heteroatoms. The summed E-state index contributed by atoms with van der Waals surface area (Å²) in [5.41, 5.74) is 2.15. The number of carbonyl (C=O) groups is 2. The van der Waals surface area contributed by atoms with Gasteiger partial charge in [-0.2, -0.15) is 0 Å². The lowest BCUT2D eigenvalue weighted by Gasteiger charge is -2.34. The molecule has 25 heavy (non-hydrogen) atoms. The Labute approximate surface area is 148 Å². The minimum atomic E-state index is -0.297. The molecule has 2 aromatic rings. The molecule has 3 heterocycles. The Hall–Kier alpha value is -2.30. The molecular formula is C20H25N3O2. The zero-order valence-electron chi connectivity index (χ0n) is 14.7. The second-order valence-electron chi connectivity index (χ2n) is 7.44. The molecule has 0 aliphatic carbocycles. The summed E-state index contributed by atoms with van der Waals surface area (Å²) in [5.74, 6) is 0.920. The highest BCUT2D eigenvalue weighted by Crippen LogP contribution is 2.27. The molecule has 5 nitrogen and oxygen atoms in total. The van der Waals surface area contributed by atoms with Gasteiger partial charge in [-0.25, -0.2) is 0 Å². The molecule has 132 valence electrons. The van der Waals surface area contributed by atoms with E-state index in [0.29, 0.717) is 25.3 Å². The highest BCUT2D eigenvalue weighted by Gasteiger charge is 2.38. The number of nitrogens with one attached hydrogen (secondary N) is 1. The van der Waals surface area contributed by atoms with Crippen LogP contribution in [0.3, 0.4) is 0 Å². The van der Waals surface area contributed by atoms with Crippen molar-refractivity contribution in [3.8, 4) is 0 Å². The van der Waals surface area contributed by atoms with E-state index in [0.717, 1.165) is 42.4 Å². The van der Waals surface area contributed by atoms with Crippen LogP contribution < -0.4 is 0 Å². The van der Waals surface area contributed by atoms with E-state index in [1.54, 1.807) is 4.90 Å². The molecule has 2 aliphatic rings. The molecular weight excluding hydrogens is 314 g/mol. The quantitative estimate of drug-likeness (QED) is 0.935. The van der Waals surface area contributed by atoms with Crippen molar-refractivity contribution in [1.29, 1.82) is 0 Å². The van der Waals surface area contributed by atoms with Crippen LogP contribution in [0.25, 0.3) is 10.9 Å².